The summed E-state index contributed by atoms with van der Waals surface area (Å²) in [5.41, 5.74) is 2.67. The molecule has 20 heavy (non-hydrogen) atoms. The monoisotopic (exact) mass is 282 g/mol. The number of fused-ring (bicyclic) bond motifs is 1. The molecule has 0 fully saturated rings. The number of aryl methyl sites for hydroxylation is 1. The first-order chi connectivity index (χ1) is 9.75. The van der Waals surface area contributed by atoms with Gasteiger partial charge in [0.2, 0.25) is 0 Å². The Labute approximate surface area is 123 Å². The van der Waals surface area contributed by atoms with Gasteiger partial charge in [-0.15, -0.1) is 11.3 Å². The quantitative estimate of drug-likeness (QED) is 0.764. The maximum absolute atomic E-state index is 4.05. The minimum absolute atomic E-state index is 0.362. The van der Waals surface area contributed by atoms with E-state index in [-0.39, 0.29) is 0 Å². The number of nitrogens with zero attached hydrogens (tertiary/aromatic N) is 1. The molecule has 0 amide bonds. The van der Waals surface area contributed by atoms with Crippen LogP contribution in [0, 0.1) is 6.92 Å². The highest BCUT2D eigenvalue weighted by Crippen LogP contribution is 2.34. The van der Waals surface area contributed by atoms with Crippen LogP contribution in [-0.4, -0.2) is 4.98 Å². The summed E-state index contributed by atoms with van der Waals surface area (Å²) in [5.74, 6) is 0. The minimum atomic E-state index is 0.362. The highest BCUT2D eigenvalue weighted by atomic mass is 32.1. The van der Waals surface area contributed by atoms with Crippen molar-refractivity contribution in [2.75, 3.05) is 0 Å². The second-order valence-electron chi connectivity index (χ2n) is 5.05. The highest BCUT2D eigenvalue weighted by molar-refractivity contribution is 7.19. The van der Waals surface area contributed by atoms with Crippen LogP contribution in [0.5, 0.6) is 0 Å². The number of aromatic nitrogens is 1. The molecule has 2 heterocycles. The average molecular weight is 282 g/mol. The van der Waals surface area contributed by atoms with Crippen molar-refractivity contribution in [1.82, 2.24) is 10.3 Å². The summed E-state index contributed by atoms with van der Waals surface area (Å²) < 4.78 is 1.37. The molecule has 0 radical (unpaired) electrons. The van der Waals surface area contributed by atoms with Gasteiger partial charge in [-0.3, -0.25) is 4.98 Å². The Balaban J connectivity index is 1.79. The lowest BCUT2D eigenvalue weighted by atomic mass is 10.1. The topological polar surface area (TPSA) is 24.9 Å². The Morgan fingerprint density at radius 1 is 1.15 bits per heavy atom. The van der Waals surface area contributed by atoms with Crippen LogP contribution >= 0.6 is 11.3 Å². The lowest BCUT2D eigenvalue weighted by Crippen LogP contribution is -2.17. The molecule has 3 rings (SSSR count). The fourth-order valence-corrected chi connectivity index (χ4v) is 3.71. The summed E-state index contributed by atoms with van der Waals surface area (Å²) >= 11 is 1.89. The third-order valence-electron chi connectivity index (χ3n) is 3.64. The molecule has 1 atom stereocenters. The molecule has 2 nitrogen and oxygen atoms in total. The van der Waals surface area contributed by atoms with Crippen LogP contribution in [0.3, 0.4) is 0 Å². The number of hydrogen-bond donors (Lipinski definition) is 1. The van der Waals surface area contributed by atoms with Crippen LogP contribution in [0.15, 0.2) is 48.8 Å². The Morgan fingerprint density at radius 3 is 2.65 bits per heavy atom. The summed E-state index contributed by atoms with van der Waals surface area (Å²) in [7, 11) is 0. The lowest BCUT2D eigenvalue weighted by Gasteiger charge is -2.13. The minimum Gasteiger partial charge on any atom is -0.305 e. The molecule has 0 aliphatic heterocycles. The Morgan fingerprint density at radius 2 is 1.90 bits per heavy atom. The second kappa shape index (κ2) is 5.73. The van der Waals surface area contributed by atoms with Crippen LogP contribution in [0.4, 0.5) is 0 Å². The van der Waals surface area contributed by atoms with E-state index in [2.05, 4.69) is 60.5 Å². The van der Waals surface area contributed by atoms with E-state index >= 15 is 0 Å². The van der Waals surface area contributed by atoms with E-state index in [4.69, 9.17) is 0 Å². The molecule has 1 unspecified atom stereocenters. The predicted molar refractivity (Wildman–Crippen MR) is 86.1 cm³/mol. The third kappa shape index (κ3) is 2.60. The van der Waals surface area contributed by atoms with E-state index in [1.165, 1.54) is 26.1 Å². The van der Waals surface area contributed by atoms with Gasteiger partial charge >= 0.3 is 0 Å². The number of hydrogen-bond acceptors (Lipinski definition) is 3. The van der Waals surface area contributed by atoms with Gasteiger partial charge in [0.05, 0.1) is 0 Å². The van der Waals surface area contributed by atoms with Crippen LogP contribution in [0.1, 0.15) is 29.0 Å². The molecule has 102 valence electrons. The maximum Gasteiger partial charge on any atom is 0.0391 e. The molecular weight excluding hydrogens is 264 g/mol. The van der Waals surface area contributed by atoms with Gasteiger partial charge in [-0.2, -0.15) is 0 Å². The molecular formula is C17H18N2S. The van der Waals surface area contributed by atoms with Gasteiger partial charge in [0.1, 0.15) is 0 Å². The Hall–Kier alpha value is -1.71. The molecule has 1 N–H and O–H groups in total. The van der Waals surface area contributed by atoms with E-state index in [0.717, 1.165) is 6.54 Å². The van der Waals surface area contributed by atoms with Crippen LogP contribution in [-0.2, 0) is 6.54 Å². The predicted octanol–water partition coefficient (Wildman–Crippen LogP) is 4.46. The van der Waals surface area contributed by atoms with E-state index < -0.39 is 0 Å². The highest BCUT2D eigenvalue weighted by Gasteiger charge is 2.13. The number of thiophene rings is 1. The summed E-state index contributed by atoms with van der Waals surface area (Å²) in [5, 5.41) is 4.98. The van der Waals surface area contributed by atoms with Gasteiger partial charge in [-0.05, 0) is 48.6 Å². The van der Waals surface area contributed by atoms with Crippen molar-refractivity contribution in [3.8, 4) is 0 Å². The summed E-state index contributed by atoms with van der Waals surface area (Å²) in [6.45, 7) is 5.33. The number of benzene rings is 1. The average Bonchev–Trinajstić information content (AvgIpc) is 2.84. The van der Waals surface area contributed by atoms with Gasteiger partial charge in [-0.1, -0.05) is 18.2 Å². The maximum atomic E-state index is 4.05. The number of pyridine rings is 1. The van der Waals surface area contributed by atoms with Crippen LogP contribution in [0.2, 0.25) is 0 Å². The Bertz CT molecular complexity index is 703. The molecule has 1 aromatic carbocycles. The zero-order valence-electron chi connectivity index (χ0n) is 11.8. The summed E-state index contributed by atoms with van der Waals surface area (Å²) in [6, 6.07) is 13.1. The molecule has 0 aliphatic carbocycles. The molecule has 2 aromatic heterocycles. The zero-order valence-corrected chi connectivity index (χ0v) is 12.6. The first-order valence-electron chi connectivity index (χ1n) is 6.86. The smallest absolute Gasteiger partial charge is 0.0391 e. The van der Waals surface area contributed by atoms with Crippen molar-refractivity contribution in [3.05, 3.63) is 64.8 Å². The molecule has 0 bridgehead atoms. The number of nitrogens with one attached hydrogen (secondary N) is 1. The van der Waals surface area contributed by atoms with E-state index in [1.54, 1.807) is 0 Å². The molecule has 3 heteroatoms. The third-order valence-corrected chi connectivity index (χ3v) is 5.09. The molecule has 3 aromatic rings. The first kappa shape index (κ1) is 13.3. The molecule has 0 saturated heterocycles. The second-order valence-corrected chi connectivity index (χ2v) is 6.13. The largest absolute Gasteiger partial charge is 0.305 e. The summed E-state index contributed by atoms with van der Waals surface area (Å²) in [6.07, 6.45) is 3.68. The van der Waals surface area contributed by atoms with E-state index in [9.17, 15) is 0 Å². The standard InChI is InChI=1S/C17H18N2S/c1-12-15-5-3-4-6-16(15)20-17(12)13(2)19-11-14-7-9-18-10-8-14/h3-10,13,19H,11H2,1-2H3. The number of rotatable bonds is 4. The van der Waals surface area contributed by atoms with E-state index in [0.29, 0.717) is 6.04 Å². The van der Waals surface area contributed by atoms with Crippen molar-refractivity contribution >= 4 is 21.4 Å². The van der Waals surface area contributed by atoms with Gasteiger partial charge in [0.25, 0.3) is 0 Å². The van der Waals surface area contributed by atoms with Gasteiger partial charge in [0, 0.05) is 34.6 Å². The molecule has 0 saturated carbocycles. The van der Waals surface area contributed by atoms with Crippen molar-refractivity contribution in [2.45, 2.75) is 26.4 Å². The zero-order chi connectivity index (χ0) is 13.9. The Kier molecular flexibility index (Phi) is 3.81. The van der Waals surface area contributed by atoms with Gasteiger partial charge in [-0.25, -0.2) is 0 Å². The van der Waals surface area contributed by atoms with Crippen molar-refractivity contribution in [2.24, 2.45) is 0 Å². The van der Waals surface area contributed by atoms with Crippen LogP contribution in [0.25, 0.3) is 10.1 Å². The molecule has 0 aliphatic rings. The fourth-order valence-electron chi connectivity index (χ4n) is 2.47. The van der Waals surface area contributed by atoms with Gasteiger partial charge < -0.3 is 5.32 Å². The SMILES string of the molecule is Cc1c(C(C)NCc2ccncc2)sc2ccccc12. The van der Waals surface area contributed by atoms with Crippen LogP contribution < -0.4 is 5.32 Å². The molecule has 0 spiro atoms. The lowest BCUT2D eigenvalue weighted by molar-refractivity contribution is 0.581. The first-order valence-corrected chi connectivity index (χ1v) is 7.67. The normalized spacial score (nSPS) is 12.7. The van der Waals surface area contributed by atoms with E-state index in [1.807, 2.05) is 23.7 Å². The summed E-state index contributed by atoms with van der Waals surface area (Å²) in [4.78, 5) is 5.48. The van der Waals surface area contributed by atoms with Crippen molar-refractivity contribution in [3.63, 3.8) is 0 Å². The fraction of sp³-hybridized carbons (Fsp3) is 0.235. The van der Waals surface area contributed by atoms with Gasteiger partial charge in [0.15, 0.2) is 0 Å². The van der Waals surface area contributed by atoms with Crippen molar-refractivity contribution in [1.29, 1.82) is 0 Å². The van der Waals surface area contributed by atoms with Crippen molar-refractivity contribution < 1.29 is 0 Å².